The summed E-state index contributed by atoms with van der Waals surface area (Å²) in [5, 5.41) is 10.6. The first-order valence-corrected chi connectivity index (χ1v) is 11.3. The molecule has 0 bridgehead atoms. The van der Waals surface area contributed by atoms with Crippen molar-refractivity contribution in [2.75, 3.05) is 26.2 Å². The van der Waals surface area contributed by atoms with Gasteiger partial charge in [0.25, 0.3) is 0 Å². The average Bonchev–Trinajstić information content (AvgIpc) is 3.32. The van der Waals surface area contributed by atoms with Gasteiger partial charge in [-0.2, -0.15) is 0 Å². The van der Waals surface area contributed by atoms with Gasteiger partial charge in [-0.3, -0.25) is 0 Å². The predicted molar refractivity (Wildman–Crippen MR) is 121 cm³/mol. The molecule has 34 heavy (non-hydrogen) atoms. The molecule has 3 aromatic rings. The van der Waals surface area contributed by atoms with Crippen LogP contribution in [0.5, 0.6) is 0 Å². The van der Waals surface area contributed by atoms with Gasteiger partial charge >= 0.3 is 12.1 Å². The van der Waals surface area contributed by atoms with Gasteiger partial charge in [0.1, 0.15) is 5.67 Å². The van der Waals surface area contributed by atoms with E-state index in [1.807, 2.05) is 0 Å². The molecule has 0 saturated carbocycles. The highest BCUT2D eigenvalue weighted by atomic mass is 35.5. The first-order valence-electron chi connectivity index (χ1n) is 10.9. The molecule has 0 aliphatic carbocycles. The maximum atomic E-state index is 14.9. The summed E-state index contributed by atoms with van der Waals surface area (Å²) in [7, 11) is 0. The van der Waals surface area contributed by atoms with Crippen LogP contribution in [0.3, 0.4) is 0 Å². The smallest absolute Gasteiger partial charge is 0.408 e. The van der Waals surface area contributed by atoms with Crippen molar-refractivity contribution in [3.63, 3.8) is 0 Å². The lowest BCUT2D eigenvalue weighted by atomic mass is 9.94. The van der Waals surface area contributed by atoms with E-state index >= 15 is 0 Å². The lowest BCUT2D eigenvalue weighted by Gasteiger charge is -2.30. The second-order valence-corrected chi connectivity index (χ2v) is 8.38. The van der Waals surface area contributed by atoms with E-state index in [2.05, 4.69) is 20.8 Å². The first kappa shape index (κ1) is 23.9. The molecule has 1 aliphatic rings. The molecular formula is C23H24ClFN4O5. The van der Waals surface area contributed by atoms with E-state index in [1.54, 1.807) is 37.3 Å². The van der Waals surface area contributed by atoms with Gasteiger partial charge in [0.2, 0.25) is 6.10 Å². The van der Waals surface area contributed by atoms with E-state index in [0.717, 1.165) is 5.39 Å². The maximum absolute atomic E-state index is 14.9. The number of benzene rings is 1. The Morgan fingerprint density at radius 3 is 2.82 bits per heavy atom. The minimum Gasteiger partial charge on any atom is -0.461 e. The second-order valence-electron chi connectivity index (χ2n) is 7.95. The Labute approximate surface area is 199 Å². The summed E-state index contributed by atoms with van der Waals surface area (Å²) in [6, 6.07) is 9.91. The molecule has 0 radical (unpaired) electrons. The number of pyridine rings is 1. The van der Waals surface area contributed by atoms with Crippen LogP contribution in [0.25, 0.3) is 10.9 Å². The molecule has 0 spiro atoms. The Morgan fingerprint density at radius 1 is 1.26 bits per heavy atom. The molecule has 4 rings (SSSR count). The van der Waals surface area contributed by atoms with Crippen molar-refractivity contribution in [2.24, 2.45) is 0 Å². The number of hydrogen-bond acceptors (Lipinski definition) is 8. The molecular weight excluding hydrogens is 467 g/mol. The third-order valence-corrected chi connectivity index (χ3v) is 5.72. The first-order chi connectivity index (χ1) is 16.4. The number of fused-ring (bicyclic) bond motifs is 1. The normalized spacial score (nSPS) is 16.1. The number of piperidine rings is 1. The van der Waals surface area contributed by atoms with Gasteiger partial charge in [0.15, 0.2) is 11.5 Å². The number of carbonyl (C=O) groups is 2. The minimum atomic E-state index is -1.51. The molecule has 1 fully saturated rings. The van der Waals surface area contributed by atoms with E-state index in [4.69, 9.17) is 25.6 Å². The zero-order valence-corrected chi connectivity index (χ0v) is 19.2. The average molecular weight is 491 g/mol. The lowest BCUT2D eigenvalue weighted by Crippen LogP contribution is -2.47. The highest BCUT2D eigenvalue weighted by Crippen LogP contribution is 2.29. The zero-order chi connectivity index (χ0) is 24.1. The number of nitrogens with one attached hydrogen (secondary N) is 2. The third-order valence-electron chi connectivity index (χ3n) is 5.49. The van der Waals surface area contributed by atoms with Crippen molar-refractivity contribution in [3.8, 4) is 0 Å². The van der Waals surface area contributed by atoms with Crippen molar-refractivity contribution in [1.82, 2.24) is 20.8 Å². The summed E-state index contributed by atoms with van der Waals surface area (Å²) in [6.45, 7) is 2.72. The van der Waals surface area contributed by atoms with E-state index in [-0.39, 0.29) is 37.4 Å². The zero-order valence-electron chi connectivity index (χ0n) is 18.5. The topological polar surface area (TPSA) is 116 Å². The Morgan fingerprint density at radius 2 is 2.06 bits per heavy atom. The minimum absolute atomic E-state index is 0.0656. The van der Waals surface area contributed by atoms with Crippen molar-refractivity contribution >= 4 is 34.6 Å². The number of alkyl halides is 1. The van der Waals surface area contributed by atoms with Gasteiger partial charge in [0, 0.05) is 16.5 Å². The van der Waals surface area contributed by atoms with Crippen LogP contribution >= 0.6 is 11.6 Å². The lowest BCUT2D eigenvalue weighted by molar-refractivity contribution is 0.0513. The Kier molecular flexibility index (Phi) is 7.28. The SMILES string of the molecule is CCOC(=O)c1cc(C(OC(=O)NCC2(F)CCNCC2)c2ccc3cc(Cl)ccc3n2)on1. The molecule has 2 aromatic heterocycles. The number of aromatic nitrogens is 2. The molecule has 3 heterocycles. The Bertz CT molecular complexity index is 1180. The summed E-state index contributed by atoms with van der Waals surface area (Å²) in [5.74, 6) is -0.608. The largest absolute Gasteiger partial charge is 0.461 e. The summed E-state index contributed by atoms with van der Waals surface area (Å²) in [4.78, 5) is 29.2. The van der Waals surface area contributed by atoms with Crippen LogP contribution in [-0.4, -0.2) is 54.1 Å². The molecule has 180 valence electrons. The quantitative estimate of drug-likeness (QED) is 0.478. The van der Waals surface area contributed by atoms with E-state index < -0.39 is 23.8 Å². The summed E-state index contributed by atoms with van der Waals surface area (Å²) < 4.78 is 30.7. The monoisotopic (exact) mass is 490 g/mol. The number of amides is 1. The van der Waals surface area contributed by atoms with Crippen LogP contribution < -0.4 is 10.6 Å². The highest BCUT2D eigenvalue weighted by Gasteiger charge is 2.33. The van der Waals surface area contributed by atoms with Gasteiger partial charge in [-0.15, -0.1) is 0 Å². The Balaban J connectivity index is 1.58. The van der Waals surface area contributed by atoms with Gasteiger partial charge < -0.3 is 24.6 Å². The van der Waals surface area contributed by atoms with Crippen LogP contribution in [-0.2, 0) is 9.47 Å². The van der Waals surface area contributed by atoms with Crippen molar-refractivity contribution < 1.29 is 28.0 Å². The molecule has 1 amide bonds. The molecule has 2 N–H and O–H groups in total. The molecule has 1 unspecified atom stereocenters. The van der Waals surface area contributed by atoms with E-state index in [0.29, 0.717) is 29.3 Å². The highest BCUT2D eigenvalue weighted by molar-refractivity contribution is 6.31. The van der Waals surface area contributed by atoms with E-state index in [1.165, 1.54) is 6.07 Å². The van der Waals surface area contributed by atoms with Crippen LogP contribution in [0.1, 0.15) is 47.8 Å². The molecule has 1 atom stereocenters. The third kappa shape index (κ3) is 5.63. The van der Waals surface area contributed by atoms with Gasteiger partial charge in [-0.05, 0) is 57.1 Å². The van der Waals surface area contributed by atoms with Gasteiger partial charge in [0.05, 0.1) is 24.4 Å². The second kappa shape index (κ2) is 10.4. The fraction of sp³-hybridized carbons (Fsp3) is 0.391. The predicted octanol–water partition coefficient (Wildman–Crippen LogP) is 3.96. The maximum Gasteiger partial charge on any atom is 0.408 e. The molecule has 1 saturated heterocycles. The van der Waals surface area contributed by atoms with Gasteiger partial charge in [-0.25, -0.2) is 19.0 Å². The number of ether oxygens (including phenoxy) is 2. The fourth-order valence-electron chi connectivity index (χ4n) is 3.67. The van der Waals surface area contributed by atoms with Crippen LogP contribution in [0.2, 0.25) is 5.02 Å². The van der Waals surface area contributed by atoms with Gasteiger partial charge in [-0.1, -0.05) is 22.8 Å². The van der Waals surface area contributed by atoms with Crippen molar-refractivity contribution in [2.45, 2.75) is 31.5 Å². The number of carbonyl (C=O) groups excluding carboxylic acids is 2. The number of alkyl carbamates (subject to hydrolysis) is 1. The standard InChI is InChI=1S/C23H24ClFN4O5/c1-2-32-21(30)18-12-19(34-29-18)20(17-5-3-14-11-15(24)4-6-16(14)28-17)33-22(31)27-13-23(25)7-9-26-10-8-23/h3-6,11-12,20,26H,2,7-10,13H2,1H3,(H,27,31). The van der Waals surface area contributed by atoms with Crippen LogP contribution in [0.4, 0.5) is 9.18 Å². The fourth-order valence-corrected chi connectivity index (χ4v) is 3.85. The molecule has 1 aromatic carbocycles. The molecule has 9 nitrogen and oxygen atoms in total. The summed E-state index contributed by atoms with van der Waals surface area (Å²) in [5.41, 5.74) is -0.647. The number of halogens is 2. The summed E-state index contributed by atoms with van der Waals surface area (Å²) >= 11 is 6.05. The van der Waals surface area contributed by atoms with Crippen molar-refractivity contribution in [1.29, 1.82) is 0 Å². The molecule has 1 aliphatic heterocycles. The Hall–Kier alpha value is -3.24. The van der Waals surface area contributed by atoms with E-state index in [9.17, 15) is 14.0 Å². The van der Waals surface area contributed by atoms with Crippen molar-refractivity contribution in [3.05, 3.63) is 58.6 Å². The number of esters is 1. The molecule has 11 heteroatoms. The number of nitrogens with zero attached hydrogens (tertiary/aromatic N) is 2. The van der Waals surface area contributed by atoms with Crippen LogP contribution in [0, 0.1) is 0 Å². The summed E-state index contributed by atoms with van der Waals surface area (Å²) in [6.07, 6.45) is -1.42. The number of rotatable bonds is 7. The van der Waals surface area contributed by atoms with Crippen LogP contribution in [0.15, 0.2) is 40.9 Å². The number of hydrogen-bond donors (Lipinski definition) is 2.